The van der Waals surface area contributed by atoms with E-state index in [-0.39, 0.29) is 0 Å². The summed E-state index contributed by atoms with van der Waals surface area (Å²) >= 11 is 0. The van der Waals surface area contributed by atoms with Crippen molar-refractivity contribution in [2.45, 2.75) is 303 Å². The highest BCUT2D eigenvalue weighted by molar-refractivity contribution is 6.47. The molecule has 0 aliphatic carbocycles. The highest BCUT2D eigenvalue weighted by atomic mass is 14.8. The van der Waals surface area contributed by atoms with Gasteiger partial charge in [0.2, 0.25) is 0 Å². The Morgan fingerprint density at radius 2 is 0.569 bits per heavy atom. The zero-order valence-corrected chi connectivity index (χ0v) is 43.6. The van der Waals surface area contributed by atoms with Crippen LogP contribution in [0.2, 0.25) is 0 Å². The zero-order chi connectivity index (χ0) is 46.0. The van der Waals surface area contributed by atoms with E-state index in [1.807, 2.05) is 0 Å². The number of rotatable bonds is 49. The van der Waals surface area contributed by atoms with Crippen molar-refractivity contribution in [3.63, 3.8) is 0 Å². The van der Waals surface area contributed by atoms with Crippen molar-refractivity contribution in [3.8, 4) is 0 Å². The van der Waals surface area contributed by atoms with Gasteiger partial charge in [0.05, 0.1) is 22.8 Å². The molecule has 0 aromatic heterocycles. The lowest BCUT2D eigenvalue weighted by Crippen LogP contribution is -2.12. The maximum absolute atomic E-state index is 5.22. The molecular formula is C63H108N2. The first-order valence-corrected chi connectivity index (χ1v) is 29.3. The standard InChI is InChI=1S/C63H108N2/c1-3-5-7-9-11-13-15-17-19-21-23-24-25-26-27-28-29-30-31-33-35-37-39-41-43-45-53-59-63(65-61-56-50-47-51-57-61)62(64-60-54-48-46-49-55-60)58-52-44-42-40-38-36-34-32-22-20-18-16-14-12-10-8-6-4-2/h46-51,53-57,59H,3-45,52,58H2,1-2H3. The van der Waals surface area contributed by atoms with Gasteiger partial charge >= 0.3 is 0 Å². The Labute approximate surface area is 406 Å². The van der Waals surface area contributed by atoms with E-state index in [1.54, 1.807) is 0 Å². The van der Waals surface area contributed by atoms with E-state index in [1.165, 1.54) is 276 Å². The number of allylic oxidation sites excluding steroid dienone is 2. The largest absolute Gasteiger partial charge is 0.251 e. The molecule has 0 saturated heterocycles. The van der Waals surface area contributed by atoms with Crippen molar-refractivity contribution in [2.75, 3.05) is 0 Å². The Kier molecular flexibility index (Phi) is 43.3. The van der Waals surface area contributed by atoms with E-state index in [0.717, 1.165) is 35.6 Å². The number of nitrogens with zero attached hydrogens (tertiary/aromatic N) is 2. The molecule has 0 aliphatic heterocycles. The quantitative estimate of drug-likeness (QED) is 0.0467. The molecule has 0 heterocycles. The number of benzene rings is 2. The van der Waals surface area contributed by atoms with Crippen LogP contribution in [0.1, 0.15) is 303 Å². The van der Waals surface area contributed by atoms with Crippen LogP contribution in [0.5, 0.6) is 0 Å². The summed E-state index contributed by atoms with van der Waals surface area (Å²) < 4.78 is 0. The van der Waals surface area contributed by atoms with Crippen molar-refractivity contribution in [1.29, 1.82) is 0 Å². The second-order valence-corrected chi connectivity index (χ2v) is 20.2. The van der Waals surface area contributed by atoms with Crippen LogP contribution in [0.4, 0.5) is 11.4 Å². The molecule has 0 spiro atoms. The molecule has 0 fully saturated rings. The van der Waals surface area contributed by atoms with Crippen LogP contribution in [0.3, 0.4) is 0 Å². The molecule has 65 heavy (non-hydrogen) atoms. The minimum Gasteiger partial charge on any atom is -0.251 e. The van der Waals surface area contributed by atoms with Crippen LogP contribution < -0.4 is 0 Å². The van der Waals surface area contributed by atoms with E-state index in [4.69, 9.17) is 9.98 Å². The van der Waals surface area contributed by atoms with E-state index in [2.05, 4.69) is 86.7 Å². The molecule has 2 rings (SSSR count). The summed E-state index contributed by atoms with van der Waals surface area (Å²) in [7, 11) is 0. The van der Waals surface area contributed by atoms with Crippen molar-refractivity contribution in [1.82, 2.24) is 0 Å². The Morgan fingerprint density at radius 3 is 0.877 bits per heavy atom. The third-order valence-corrected chi connectivity index (χ3v) is 13.8. The van der Waals surface area contributed by atoms with Gasteiger partial charge < -0.3 is 0 Å². The molecule has 2 nitrogen and oxygen atoms in total. The molecule has 2 heteroatoms. The van der Waals surface area contributed by atoms with Crippen LogP contribution >= 0.6 is 0 Å². The van der Waals surface area contributed by atoms with Gasteiger partial charge in [-0.1, -0.05) is 320 Å². The van der Waals surface area contributed by atoms with E-state index in [0.29, 0.717) is 0 Å². The van der Waals surface area contributed by atoms with Gasteiger partial charge in [-0.25, -0.2) is 4.99 Å². The van der Waals surface area contributed by atoms with Gasteiger partial charge in [-0.2, -0.15) is 0 Å². The number of aliphatic imine (C=N–C) groups is 2. The van der Waals surface area contributed by atoms with Crippen LogP contribution in [-0.2, 0) is 0 Å². The minimum atomic E-state index is 0.975. The summed E-state index contributed by atoms with van der Waals surface area (Å²) in [5, 5.41) is 0. The molecule has 0 radical (unpaired) electrons. The average Bonchev–Trinajstić information content (AvgIpc) is 3.33. The maximum atomic E-state index is 5.22. The van der Waals surface area contributed by atoms with Gasteiger partial charge in [-0.15, -0.1) is 0 Å². The molecule has 0 saturated carbocycles. The molecule has 0 atom stereocenters. The summed E-state index contributed by atoms with van der Waals surface area (Å²) in [6.07, 6.45) is 67.9. The molecule has 0 amide bonds. The van der Waals surface area contributed by atoms with Gasteiger partial charge in [0.1, 0.15) is 0 Å². The van der Waals surface area contributed by atoms with E-state index in [9.17, 15) is 0 Å². The van der Waals surface area contributed by atoms with Crippen molar-refractivity contribution in [2.24, 2.45) is 9.98 Å². The summed E-state index contributed by atoms with van der Waals surface area (Å²) in [6, 6.07) is 21.0. The Morgan fingerprint density at radius 1 is 0.308 bits per heavy atom. The highest BCUT2D eigenvalue weighted by Gasteiger charge is 2.09. The first kappa shape index (κ1) is 58.6. The van der Waals surface area contributed by atoms with Crippen LogP contribution in [0, 0.1) is 0 Å². The molecule has 370 valence electrons. The van der Waals surface area contributed by atoms with Crippen LogP contribution in [0.15, 0.2) is 82.8 Å². The number of para-hydroxylation sites is 2. The Hall–Kier alpha value is -2.48. The van der Waals surface area contributed by atoms with Crippen LogP contribution in [0.25, 0.3) is 0 Å². The first-order valence-electron chi connectivity index (χ1n) is 29.3. The molecule has 0 bridgehead atoms. The fourth-order valence-corrected chi connectivity index (χ4v) is 9.53. The second kappa shape index (κ2) is 48.0. The van der Waals surface area contributed by atoms with Gasteiger partial charge in [-0.3, -0.25) is 4.99 Å². The van der Waals surface area contributed by atoms with Crippen LogP contribution in [-0.4, -0.2) is 11.4 Å². The number of unbranched alkanes of at least 4 members (excludes halogenated alkanes) is 42. The van der Waals surface area contributed by atoms with Gasteiger partial charge in [0.25, 0.3) is 0 Å². The number of hydrogen-bond donors (Lipinski definition) is 0. The average molecular weight is 894 g/mol. The van der Waals surface area contributed by atoms with E-state index < -0.39 is 0 Å². The lowest BCUT2D eigenvalue weighted by Gasteiger charge is -2.09. The van der Waals surface area contributed by atoms with Gasteiger partial charge in [0, 0.05) is 0 Å². The Balaban J connectivity index is 1.56. The minimum absolute atomic E-state index is 0.975. The monoisotopic (exact) mass is 893 g/mol. The predicted octanol–water partition coefficient (Wildman–Crippen LogP) is 22.7. The normalized spacial score (nSPS) is 12.3. The third kappa shape index (κ3) is 39.2. The molecule has 0 N–H and O–H groups in total. The fourth-order valence-electron chi connectivity index (χ4n) is 9.53. The SMILES string of the molecule is CCCCCCCCCCCCCCCCCCCCCCCCCCCC=CC(=Nc1ccccc1)C(CCCCCCCCCCCCCCCCCCCC)=Nc1ccccc1. The topological polar surface area (TPSA) is 24.7 Å². The first-order chi connectivity index (χ1) is 32.3. The zero-order valence-electron chi connectivity index (χ0n) is 43.6. The highest BCUT2D eigenvalue weighted by Crippen LogP contribution is 2.21. The summed E-state index contributed by atoms with van der Waals surface area (Å²) in [6.45, 7) is 4.62. The smallest absolute Gasteiger partial charge is 0.0848 e. The van der Waals surface area contributed by atoms with E-state index >= 15 is 0 Å². The molecule has 2 aromatic rings. The third-order valence-electron chi connectivity index (χ3n) is 13.8. The lowest BCUT2D eigenvalue weighted by molar-refractivity contribution is 0.516. The summed E-state index contributed by atoms with van der Waals surface area (Å²) in [5.74, 6) is 0. The summed E-state index contributed by atoms with van der Waals surface area (Å²) in [5.41, 5.74) is 4.20. The molecule has 2 aromatic carbocycles. The Bertz CT molecular complexity index is 1330. The van der Waals surface area contributed by atoms with Crippen molar-refractivity contribution < 1.29 is 0 Å². The van der Waals surface area contributed by atoms with Gasteiger partial charge in [-0.05, 0) is 56.0 Å². The summed E-state index contributed by atoms with van der Waals surface area (Å²) in [4.78, 5) is 10.4. The molecule has 0 aliphatic rings. The number of hydrogen-bond acceptors (Lipinski definition) is 2. The predicted molar refractivity (Wildman–Crippen MR) is 295 cm³/mol. The van der Waals surface area contributed by atoms with Gasteiger partial charge in [0.15, 0.2) is 0 Å². The van der Waals surface area contributed by atoms with Crippen molar-refractivity contribution in [3.05, 3.63) is 72.8 Å². The molecule has 0 unspecified atom stereocenters. The fraction of sp³-hybridized carbons (Fsp3) is 0.746. The lowest BCUT2D eigenvalue weighted by atomic mass is 10.0. The maximum Gasteiger partial charge on any atom is 0.0848 e. The van der Waals surface area contributed by atoms with Crippen molar-refractivity contribution >= 4 is 22.8 Å². The molecular weight excluding hydrogens is 785 g/mol. The second-order valence-electron chi connectivity index (χ2n) is 20.2.